The number of aromatic nitrogens is 1. The van der Waals surface area contributed by atoms with Gasteiger partial charge < -0.3 is 0 Å². The van der Waals surface area contributed by atoms with Gasteiger partial charge in [0.05, 0.1) is 7.05 Å². The summed E-state index contributed by atoms with van der Waals surface area (Å²) in [5.41, 5.74) is 6.94. The van der Waals surface area contributed by atoms with Crippen LogP contribution in [0.4, 0.5) is 0 Å². The van der Waals surface area contributed by atoms with E-state index >= 15 is 0 Å². The average molecular weight is 439 g/mol. The van der Waals surface area contributed by atoms with Crippen LogP contribution in [0.25, 0.3) is 5.70 Å². The molecule has 5 atom stereocenters. The molecule has 1 aliphatic heterocycles. The SMILES string of the molecule is C[NH+]1C(c2cc[nH+]cc2)=C2C=CC=CC2CC1C(=O)C1CC[C@@H]1CC1Cc2ccccc2C1. The van der Waals surface area contributed by atoms with Crippen molar-refractivity contribution in [2.24, 2.45) is 23.7 Å². The molecule has 168 valence electrons. The van der Waals surface area contributed by atoms with Gasteiger partial charge in [-0.05, 0) is 55.1 Å². The molecule has 4 unspecified atom stereocenters. The molecular formula is C30H34N2O+2. The van der Waals surface area contributed by atoms with E-state index in [-0.39, 0.29) is 12.0 Å². The van der Waals surface area contributed by atoms with E-state index in [4.69, 9.17) is 0 Å². The maximum Gasteiger partial charge on any atom is 0.193 e. The fourth-order valence-electron chi connectivity index (χ4n) is 6.90. The third-order valence-corrected chi connectivity index (χ3v) is 8.73. The maximum atomic E-state index is 14.0. The lowest BCUT2D eigenvalue weighted by Gasteiger charge is -2.42. The third kappa shape index (κ3) is 3.73. The van der Waals surface area contributed by atoms with Crippen LogP contribution in [0, 0.1) is 23.7 Å². The fourth-order valence-corrected chi connectivity index (χ4v) is 6.90. The molecule has 0 radical (unpaired) electrons. The number of rotatable bonds is 5. The van der Waals surface area contributed by atoms with Crippen LogP contribution < -0.4 is 9.88 Å². The number of likely N-dealkylation sites (N-methyl/N-ethyl adjacent to an activating group) is 1. The monoisotopic (exact) mass is 438 g/mol. The molecule has 0 saturated heterocycles. The summed E-state index contributed by atoms with van der Waals surface area (Å²) in [4.78, 5) is 18.4. The van der Waals surface area contributed by atoms with E-state index in [9.17, 15) is 4.79 Å². The Hall–Kier alpha value is -2.78. The number of Topliss-reactive ketones (excluding diaryl/α,β-unsaturated/α-hetero) is 1. The number of benzene rings is 1. The number of nitrogens with one attached hydrogen (secondary N) is 2. The number of carbonyl (C=O) groups excluding carboxylic acids is 1. The fraction of sp³-hybridized carbons (Fsp3) is 0.400. The van der Waals surface area contributed by atoms with Crippen LogP contribution in [0.3, 0.4) is 0 Å². The number of fused-ring (bicyclic) bond motifs is 2. The van der Waals surface area contributed by atoms with Crippen LogP contribution >= 0.6 is 0 Å². The topological polar surface area (TPSA) is 35.7 Å². The Balaban J connectivity index is 1.21. The second-order valence-electron chi connectivity index (χ2n) is 10.6. The Morgan fingerprint density at radius 3 is 2.48 bits per heavy atom. The minimum Gasteiger partial charge on any atom is -0.295 e. The molecule has 1 aromatic carbocycles. The van der Waals surface area contributed by atoms with Crippen LogP contribution in [0.5, 0.6) is 0 Å². The van der Waals surface area contributed by atoms with Gasteiger partial charge in [0.25, 0.3) is 0 Å². The molecule has 0 spiro atoms. The molecule has 3 nitrogen and oxygen atoms in total. The molecular weight excluding hydrogens is 404 g/mol. The zero-order chi connectivity index (χ0) is 22.4. The normalized spacial score (nSPS) is 30.6. The van der Waals surface area contributed by atoms with Gasteiger partial charge in [-0.3, -0.25) is 9.69 Å². The van der Waals surface area contributed by atoms with Crippen molar-refractivity contribution >= 4 is 11.5 Å². The van der Waals surface area contributed by atoms with Gasteiger partial charge in [0.2, 0.25) is 0 Å². The van der Waals surface area contributed by atoms with E-state index in [0.29, 0.717) is 23.5 Å². The van der Waals surface area contributed by atoms with Gasteiger partial charge in [0, 0.05) is 41.5 Å². The molecule has 0 amide bonds. The van der Waals surface area contributed by atoms with Crippen molar-refractivity contribution in [1.29, 1.82) is 0 Å². The average Bonchev–Trinajstić information content (AvgIpc) is 3.25. The highest BCUT2D eigenvalue weighted by molar-refractivity contribution is 5.87. The molecule has 0 bridgehead atoms. The molecule has 4 aliphatic rings. The second-order valence-corrected chi connectivity index (χ2v) is 10.6. The second kappa shape index (κ2) is 8.53. The van der Waals surface area contributed by atoms with Gasteiger partial charge in [-0.15, -0.1) is 0 Å². The molecule has 1 aromatic heterocycles. The van der Waals surface area contributed by atoms with Crippen molar-refractivity contribution in [3.8, 4) is 0 Å². The lowest BCUT2D eigenvalue weighted by Crippen LogP contribution is -3.13. The highest BCUT2D eigenvalue weighted by Gasteiger charge is 2.47. The van der Waals surface area contributed by atoms with Gasteiger partial charge in [0.1, 0.15) is 5.70 Å². The molecule has 6 rings (SSSR count). The molecule has 2 aromatic rings. The highest BCUT2D eigenvalue weighted by Crippen LogP contribution is 2.44. The van der Waals surface area contributed by atoms with Crippen molar-refractivity contribution in [2.75, 3.05) is 7.05 Å². The molecule has 3 aliphatic carbocycles. The zero-order valence-corrected chi connectivity index (χ0v) is 19.5. The van der Waals surface area contributed by atoms with Crippen molar-refractivity contribution in [2.45, 2.75) is 44.6 Å². The number of aromatic amines is 1. The minimum absolute atomic E-state index is 0.0441. The van der Waals surface area contributed by atoms with E-state index in [2.05, 4.69) is 72.7 Å². The van der Waals surface area contributed by atoms with E-state index in [0.717, 1.165) is 12.8 Å². The molecule has 1 fully saturated rings. The first-order valence-electron chi connectivity index (χ1n) is 12.7. The first-order valence-corrected chi connectivity index (χ1v) is 12.7. The van der Waals surface area contributed by atoms with Crippen molar-refractivity contribution < 1.29 is 14.7 Å². The Kier molecular flexibility index (Phi) is 5.38. The van der Waals surface area contributed by atoms with Crippen LogP contribution in [-0.2, 0) is 17.6 Å². The predicted molar refractivity (Wildman–Crippen MR) is 130 cm³/mol. The molecule has 2 N–H and O–H groups in total. The van der Waals surface area contributed by atoms with Crippen molar-refractivity contribution in [3.63, 3.8) is 0 Å². The van der Waals surface area contributed by atoms with Crippen molar-refractivity contribution in [1.82, 2.24) is 0 Å². The first-order chi connectivity index (χ1) is 16.2. The van der Waals surface area contributed by atoms with Crippen molar-refractivity contribution in [3.05, 3.63) is 95.4 Å². The predicted octanol–water partition coefficient (Wildman–Crippen LogP) is 3.64. The summed E-state index contributed by atoms with van der Waals surface area (Å²) >= 11 is 0. The Morgan fingerprint density at radius 1 is 1.03 bits per heavy atom. The molecule has 33 heavy (non-hydrogen) atoms. The summed E-state index contributed by atoms with van der Waals surface area (Å²) in [6.45, 7) is 0. The summed E-state index contributed by atoms with van der Waals surface area (Å²) < 4.78 is 0. The number of pyridine rings is 1. The number of allylic oxidation sites excluding steroid dienone is 5. The van der Waals surface area contributed by atoms with E-state index in [1.807, 2.05) is 12.4 Å². The van der Waals surface area contributed by atoms with Crippen LogP contribution in [0.2, 0.25) is 0 Å². The molecule has 1 saturated carbocycles. The maximum absolute atomic E-state index is 14.0. The summed E-state index contributed by atoms with van der Waals surface area (Å²) in [7, 11) is 2.21. The standard InChI is InChI=1S/C30H32N2O/c1-32-28(19-24-8-4-5-9-26(24)29(32)21-12-14-31-15-13-21)30(33)27-11-10-25(27)18-20-16-22-6-2-3-7-23(22)17-20/h2-9,12-15,20,24-25,27-28H,10-11,16-19H2,1H3/p+2/t24?,25-,27?,28?/m1/s1. The minimum atomic E-state index is 0.0441. The number of carbonyl (C=O) groups is 1. The first kappa shape index (κ1) is 20.8. The molecule has 3 heteroatoms. The number of quaternary nitrogens is 1. The summed E-state index contributed by atoms with van der Waals surface area (Å²) in [6, 6.07) is 13.2. The van der Waals surface area contributed by atoms with Crippen LogP contribution in [0.15, 0.2) is 78.7 Å². The van der Waals surface area contributed by atoms with Crippen LogP contribution in [0.1, 0.15) is 42.4 Å². The summed E-state index contributed by atoms with van der Waals surface area (Å²) in [5, 5.41) is 0. The lowest BCUT2D eigenvalue weighted by atomic mass is 9.65. The van der Waals surface area contributed by atoms with Gasteiger partial charge in [0.15, 0.2) is 24.2 Å². The van der Waals surface area contributed by atoms with E-state index in [1.54, 1.807) is 0 Å². The van der Waals surface area contributed by atoms with E-state index in [1.165, 1.54) is 58.5 Å². The quantitative estimate of drug-likeness (QED) is 0.760. The van der Waals surface area contributed by atoms with Crippen LogP contribution in [-0.4, -0.2) is 18.9 Å². The summed E-state index contributed by atoms with van der Waals surface area (Å²) in [5.74, 6) is 2.40. The zero-order valence-electron chi connectivity index (χ0n) is 19.5. The van der Waals surface area contributed by atoms with Gasteiger partial charge in [-0.25, -0.2) is 4.98 Å². The Bertz CT molecular complexity index is 1120. The summed E-state index contributed by atoms with van der Waals surface area (Å²) in [6.07, 6.45) is 19.7. The van der Waals surface area contributed by atoms with Gasteiger partial charge >= 0.3 is 0 Å². The number of hydrogen-bond acceptors (Lipinski definition) is 1. The third-order valence-electron chi connectivity index (χ3n) is 8.73. The van der Waals surface area contributed by atoms with E-state index < -0.39 is 0 Å². The highest BCUT2D eigenvalue weighted by atomic mass is 16.1. The smallest absolute Gasteiger partial charge is 0.193 e. The lowest BCUT2D eigenvalue weighted by molar-refractivity contribution is -0.825. The number of hydrogen-bond donors (Lipinski definition) is 1. The van der Waals surface area contributed by atoms with Gasteiger partial charge in [-0.2, -0.15) is 0 Å². The largest absolute Gasteiger partial charge is 0.295 e. The Morgan fingerprint density at radius 2 is 1.79 bits per heavy atom. The van der Waals surface area contributed by atoms with Gasteiger partial charge in [-0.1, -0.05) is 48.6 Å². The number of ketones is 1. The number of H-pyrrole nitrogens is 1. The molecule has 2 heterocycles. The Labute approximate surface area is 196 Å².